The van der Waals surface area contributed by atoms with E-state index in [1.165, 1.54) is 13.0 Å². The molecule has 1 amide bonds. The highest BCUT2D eigenvalue weighted by atomic mass is 19.1. The molecular weight excluding hydrogens is 404 g/mol. The number of nitriles is 1. The van der Waals surface area contributed by atoms with E-state index in [0.29, 0.717) is 50.2 Å². The van der Waals surface area contributed by atoms with Crippen LogP contribution < -0.4 is 4.90 Å². The van der Waals surface area contributed by atoms with Crippen molar-refractivity contribution >= 4 is 11.7 Å². The number of fused-ring (bicyclic) bond motifs is 1. The van der Waals surface area contributed by atoms with Crippen molar-refractivity contribution in [1.82, 2.24) is 14.9 Å². The summed E-state index contributed by atoms with van der Waals surface area (Å²) in [5.41, 5.74) is -0.489. The van der Waals surface area contributed by atoms with E-state index < -0.39 is 17.3 Å². The molecule has 0 bridgehead atoms. The number of allylic oxidation sites excluding steroid dienone is 3. The van der Waals surface area contributed by atoms with Crippen LogP contribution in [0, 0.1) is 11.3 Å². The Morgan fingerprint density at radius 3 is 2.77 bits per heavy atom. The average Bonchev–Trinajstić information content (AvgIpc) is 3.26. The number of piperidine rings is 1. The predicted molar refractivity (Wildman–Crippen MR) is 109 cm³/mol. The van der Waals surface area contributed by atoms with E-state index in [0.717, 1.165) is 6.08 Å². The third-order valence-corrected chi connectivity index (χ3v) is 6.04. The second kappa shape index (κ2) is 8.19. The van der Waals surface area contributed by atoms with Crippen LogP contribution in [0.1, 0.15) is 38.4 Å². The molecule has 0 unspecified atom stereocenters. The van der Waals surface area contributed by atoms with Gasteiger partial charge in [-0.25, -0.2) is 18.7 Å². The van der Waals surface area contributed by atoms with Crippen molar-refractivity contribution in [3.05, 3.63) is 54.0 Å². The highest BCUT2D eigenvalue weighted by Gasteiger charge is 2.58. The van der Waals surface area contributed by atoms with Crippen molar-refractivity contribution in [3.63, 3.8) is 0 Å². The van der Waals surface area contributed by atoms with E-state index in [-0.39, 0.29) is 24.0 Å². The number of rotatable bonds is 4. The van der Waals surface area contributed by atoms with Gasteiger partial charge < -0.3 is 14.5 Å². The van der Waals surface area contributed by atoms with Crippen molar-refractivity contribution in [2.45, 2.75) is 50.5 Å². The molecular formula is C22H23F2N5O2. The SMILES string of the molecule is C=C(/C=C(F)\C=C(/C)F)[C@@H]1CC[C@H]2OC3(CCN(c4ccnc(C#N)n4)CC3)C(=O)N21. The van der Waals surface area contributed by atoms with Gasteiger partial charge in [0.2, 0.25) is 5.82 Å². The maximum Gasteiger partial charge on any atom is 0.257 e. The van der Waals surface area contributed by atoms with Crippen LogP contribution in [0.5, 0.6) is 0 Å². The molecule has 3 fully saturated rings. The van der Waals surface area contributed by atoms with Crippen LogP contribution >= 0.6 is 0 Å². The smallest absolute Gasteiger partial charge is 0.257 e. The van der Waals surface area contributed by atoms with E-state index in [1.807, 2.05) is 11.0 Å². The summed E-state index contributed by atoms with van der Waals surface area (Å²) >= 11 is 0. The van der Waals surface area contributed by atoms with Gasteiger partial charge in [-0.3, -0.25) is 4.79 Å². The zero-order chi connectivity index (χ0) is 22.2. The number of hydrogen-bond donors (Lipinski definition) is 0. The Labute approximate surface area is 179 Å². The molecule has 0 aromatic carbocycles. The molecule has 0 N–H and O–H groups in total. The number of aromatic nitrogens is 2. The molecule has 162 valence electrons. The number of amides is 1. The van der Waals surface area contributed by atoms with Gasteiger partial charge >= 0.3 is 0 Å². The lowest BCUT2D eigenvalue weighted by Crippen LogP contribution is -2.51. The summed E-state index contributed by atoms with van der Waals surface area (Å²) in [6, 6.07) is 3.30. The summed E-state index contributed by atoms with van der Waals surface area (Å²) in [7, 11) is 0. The lowest BCUT2D eigenvalue weighted by molar-refractivity contribution is -0.140. The number of halogens is 2. The van der Waals surface area contributed by atoms with E-state index in [2.05, 4.69) is 16.5 Å². The summed E-state index contributed by atoms with van der Waals surface area (Å²) in [5.74, 6) is -0.720. The summed E-state index contributed by atoms with van der Waals surface area (Å²) in [5, 5.41) is 9.00. The van der Waals surface area contributed by atoms with Gasteiger partial charge in [0.25, 0.3) is 5.91 Å². The number of carbonyl (C=O) groups excluding carboxylic acids is 1. The fourth-order valence-corrected chi connectivity index (χ4v) is 4.59. The standard InChI is InChI=1S/C22H23F2N5O2/c1-14(11-16(24)12-15(2)23)17-3-4-20-29(17)21(30)22(31-20)6-9-28(10-7-22)19-5-8-26-18(13-25)27-19/h5,8,11-12,17,20H,1,3-4,6-7,9-10H2,2H3/b15-12+,16-11+/t17-,20+/m0/s1. The molecule has 1 aromatic rings. The van der Waals surface area contributed by atoms with Crippen molar-refractivity contribution in [2.24, 2.45) is 0 Å². The Balaban J connectivity index is 1.46. The topological polar surface area (TPSA) is 82.3 Å². The lowest BCUT2D eigenvalue weighted by Gasteiger charge is -2.38. The quantitative estimate of drug-likeness (QED) is 0.686. The molecule has 1 spiro atoms. The van der Waals surface area contributed by atoms with Crippen molar-refractivity contribution in [1.29, 1.82) is 5.26 Å². The van der Waals surface area contributed by atoms with Crippen molar-refractivity contribution in [3.8, 4) is 6.07 Å². The van der Waals surface area contributed by atoms with Crippen LogP contribution in [0.25, 0.3) is 0 Å². The number of hydrogen-bond acceptors (Lipinski definition) is 6. The molecule has 31 heavy (non-hydrogen) atoms. The Hall–Kier alpha value is -3.12. The molecule has 0 saturated carbocycles. The van der Waals surface area contributed by atoms with E-state index in [1.54, 1.807) is 17.2 Å². The molecule has 0 radical (unpaired) electrons. The first kappa shape index (κ1) is 21.1. The van der Waals surface area contributed by atoms with Gasteiger partial charge in [0, 0.05) is 38.2 Å². The maximum atomic E-state index is 13.9. The Bertz CT molecular complexity index is 1000. The van der Waals surface area contributed by atoms with Crippen LogP contribution in [0.3, 0.4) is 0 Å². The third kappa shape index (κ3) is 3.95. The van der Waals surface area contributed by atoms with Crippen LogP contribution in [-0.2, 0) is 9.53 Å². The molecule has 2 atom stereocenters. The number of ether oxygens (including phenoxy) is 1. The minimum atomic E-state index is -0.914. The van der Waals surface area contributed by atoms with Gasteiger partial charge in [-0.1, -0.05) is 6.58 Å². The first-order chi connectivity index (χ1) is 14.8. The van der Waals surface area contributed by atoms with Gasteiger partial charge in [-0.15, -0.1) is 0 Å². The molecule has 7 nitrogen and oxygen atoms in total. The van der Waals surface area contributed by atoms with Crippen LogP contribution in [0.2, 0.25) is 0 Å². The predicted octanol–water partition coefficient (Wildman–Crippen LogP) is 3.32. The largest absolute Gasteiger partial charge is 0.356 e. The van der Waals surface area contributed by atoms with E-state index >= 15 is 0 Å². The minimum absolute atomic E-state index is 0.103. The van der Waals surface area contributed by atoms with Crippen LogP contribution in [-0.4, -0.2) is 51.7 Å². The highest BCUT2D eigenvalue weighted by molar-refractivity contribution is 5.88. The summed E-state index contributed by atoms with van der Waals surface area (Å²) in [6.45, 7) is 6.18. The number of nitrogens with zero attached hydrogens (tertiary/aromatic N) is 5. The Kier molecular flexibility index (Phi) is 5.58. The van der Waals surface area contributed by atoms with Crippen molar-refractivity contribution in [2.75, 3.05) is 18.0 Å². The molecule has 4 heterocycles. The molecule has 4 rings (SSSR count). The van der Waals surface area contributed by atoms with Crippen LogP contribution in [0.15, 0.2) is 48.2 Å². The van der Waals surface area contributed by atoms with Crippen molar-refractivity contribution < 1.29 is 18.3 Å². The summed E-state index contributed by atoms with van der Waals surface area (Å²) in [4.78, 5) is 25.2. The average molecular weight is 427 g/mol. The fraction of sp³-hybridized carbons (Fsp3) is 0.455. The fourth-order valence-electron chi connectivity index (χ4n) is 4.59. The molecule has 0 aliphatic carbocycles. The lowest BCUT2D eigenvalue weighted by atomic mass is 9.89. The summed E-state index contributed by atoms with van der Waals surface area (Å²) < 4.78 is 33.1. The number of carbonyl (C=O) groups is 1. The Morgan fingerprint density at radius 2 is 2.10 bits per heavy atom. The second-order valence-electron chi connectivity index (χ2n) is 8.04. The minimum Gasteiger partial charge on any atom is -0.356 e. The van der Waals surface area contributed by atoms with E-state index in [4.69, 9.17) is 10.00 Å². The van der Waals surface area contributed by atoms with Gasteiger partial charge in [0.05, 0.1) is 11.9 Å². The third-order valence-electron chi connectivity index (χ3n) is 6.04. The van der Waals surface area contributed by atoms with Gasteiger partial charge in [0.1, 0.15) is 23.9 Å². The molecule has 3 aliphatic heterocycles. The zero-order valence-corrected chi connectivity index (χ0v) is 17.2. The molecule has 3 aliphatic rings. The highest BCUT2D eigenvalue weighted by Crippen LogP contribution is 2.44. The molecule has 3 saturated heterocycles. The first-order valence-electron chi connectivity index (χ1n) is 10.2. The zero-order valence-electron chi connectivity index (χ0n) is 17.2. The molecule has 1 aromatic heterocycles. The van der Waals surface area contributed by atoms with Crippen LogP contribution in [0.4, 0.5) is 14.6 Å². The van der Waals surface area contributed by atoms with Gasteiger partial charge in [-0.2, -0.15) is 5.26 Å². The van der Waals surface area contributed by atoms with Gasteiger partial charge in [-0.05, 0) is 37.5 Å². The second-order valence-corrected chi connectivity index (χ2v) is 8.04. The normalized spacial score (nSPS) is 25.7. The number of anilines is 1. The summed E-state index contributed by atoms with van der Waals surface area (Å²) in [6.07, 6.45) is 5.39. The first-order valence-corrected chi connectivity index (χ1v) is 10.2. The monoisotopic (exact) mass is 427 g/mol. The van der Waals surface area contributed by atoms with E-state index in [9.17, 15) is 13.6 Å². The van der Waals surface area contributed by atoms with Gasteiger partial charge in [0.15, 0.2) is 5.60 Å². The Morgan fingerprint density at radius 1 is 1.35 bits per heavy atom. The maximum absolute atomic E-state index is 13.9. The molecule has 9 heteroatoms.